The van der Waals surface area contributed by atoms with E-state index in [9.17, 15) is 4.79 Å². The molecule has 0 unspecified atom stereocenters. The molecular formula is C20H22N4OS. The predicted molar refractivity (Wildman–Crippen MR) is 106 cm³/mol. The number of hydrogen-bond donors (Lipinski definition) is 1. The van der Waals surface area contributed by atoms with Crippen LogP contribution in [0.1, 0.15) is 33.0 Å². The average Bonchev–Trinajstić information content (AvgIpc) is 3.20. The molecular weight excluding hydrogens is 344 g/mol. The third-order valence-corrected chi connectivity index (χ3v) is 5.06. The lowest BCUT2D eigenvalue weighted by molar-refractivity contribution is -0.120. The lowest BCUT2D eigenvalue weighted by Crippen LogP contribution is -2.19. The van der Waals surface area contributed by atoms with Crippen molar-refractivity contribution in [3.05, 3.63) is 74.7 Å². The fraction of sp³-hybridized carbons (Fsp3) is 0.250. The molecule has 6 heteroatoms. The van der Waals surface area contributed by atoms with E-state index >= 15 is 0 Å². The number of hydrogen-bond acceptors (Lipinski definition) is 4. The number of nitrogens with one attached hydrogen (secondary N) is 1. The van der Waals surface area contributed by atoms with Crippen molar-refractivity contribution >= 4 is 23.5 Å². The molecule has 2 heterocycles. The summed E-state index contributed by atoms with van der Waals surface area (Å²) >= 11 is 1.56. The summed E-state index contributed by atoms with van der Waals surface area (Å²) in [5.41, 5.74) is 7.90. The number of aromatic nitrogens is 2. The Balaban J connectivity index is 1.65. The highest BCUT2D eigenvalue weighted by molar-refractivity contribution is 7.10. The molecule has 0 spiro atoms. The Labute approximate surface area is 157 Å². The Hall–Kier alpha value is -2.73. The first-order chi connectivity index (χ1) is 12.5. The number of benzene rings is 1. The molecule has 26 heavy (non-hydrogen) atoms. The van der Waals surface area contributed by atoms with E-state index in [4.69, 9.17) is 0 Å². The molecule has 0 aliphatic heterocycles. The monoisotopic (exact) mass is 366 g/mol. The van der Waals surface area contributed by atoms with Crippen molar-refractivity contribution in [1.82, 2.24) is 15.2 Å². The van der Waals surface area contributed by atoms with Gasteiger partial charge in [-0.15, -0.1) is 11.3 Å². The van der Waals surface area contributed by atoms with E-state index in [0.717, 1.165) is 21.8 Å². The molecule has 0 fully saturated rings. The third-order valence-electron chi connectivity index (χ3n) is 4.19. The second-order valence-corrected chi connectivity index (χ2v) is 7.31. The van der Waals surface area contributed by atoms with Gasteiger partial charge in [0.05, 0.1) is 24.9 Å². The molecule has 0 saturated carbocycles. The molecule has 1 amide bonds. The summed E-state index contributed by atoms with van der Waals surface area (Å²) in [6.45, 7) is 6.76. The predicted octanol–water partition coefficient (Wildman–Crippen LogP) is 3.61. The second-order valence-electron chi connectivity index (χ2n) is 6.28. The minimum absolute atomic E-state index is 0.119. The summed E-state index contributed by atoms with van der Waals surface area (Å²) in [5.74, 6) is -0.119. The van der Waals surface area contributed by atoms with E-state index in [-0.39, 0.29) is 5.91 Å². The molecule has 1 N–H and O–H groups in total. The van der Waals surface area contributed by atoms with Crippen molar-refractivity contribution in [3.8, 4) is 0 Å². The van der Waals surface area contributed by atoms with E-state index in [1.54, 1.807) is 17.6 Å². The molecule has 0 saturated heterocycles. The highest BCUT2D eigenvalue weighted by Gasteiger charge is 2.10. The summed E-state index contributed by atoms with van der Waals surface area (Å²) in [6, 6.07) is 12.3. The maximum Gasteiger partial charge on any atom is 0.245 e. The molecule has 2 aromatic heterocycles. The zero-order valence-electron chi connectivity index (χ0n) is 15.2. The van der Waals surface area contributed by atoms with Gasteiger partial charge in [0, 0.05) is 16.1 Å². The quantitative estimate of drug-likeness (QED) is 0.535. The van der Waals surface area contributed by atoms with Gasteiger partial charge < -0.3 is 0 Å². The lowest BCUT2D eigenvalue weighted by atomic mass is 10.1. The van der Waals surface area contributed by atoms with Crippen LogP contribution in [0.3, 0.4) is 0 Å². The van der Waals surface area contributed by atoms with Crippen LogP contribution in [0.2, 0.25) is 0 Å². The Morgan fingerprint density at radius 2 is 2.00 bits per heavy atom. The van der Waals surface area contributed by atoms with Crippen molar-refractivity contribution < 1.29 is 4.79 Å². The molecule has 0 bridgehead atoms. The van der Waals surface area contributed by atoms with Gasteiger partial charge in [-0.1, -0.05) is 35.9 Å². The van der Waals surface area contributed by atoms with Gasteiger partial charge in [-0.3, -0.25) is 9.48 Å². The van der Waals surface area contributed by atoms with Crippen molar-refractivity contribution in [1.29, 1.82) is 0 Å². The molecule has 134 valence electrons. The normalized spacial score (nSPS) is 11.2. The fourth-order valence-electron chi connectivity index (χ4n) is 2.70. The van der Waals surface area contributed by atoms with E-state index in [1.807, 2.05) is 36.0 Å². The van der Waals surface area contributed by atoms with Gasteiger partial charge in [-0.05, 0) is 37.8 Å². The molecule has 0 aliphatic carbocycles. The van der Waals surface area contributed by atoms with Crippen molar-refractivity contribution in [3.63, 3.8) is 0 Å². The molecule has 3 aromatic rings. The first kappa shape index (κ1) is 18.1. The summed E-state index contributed by atoms with van der Waals surface area (Å²) in [5, 5.41) is 10.7. The Kier molecular flexibility index (Phi) is 5.63. The van der Waals surface area contributed by atoms with E-state index in [1.165, 1.54) is 11.1 Å². The van der Waals surface area contributed by atoms with Crippen LogP contribution in [-0.4, -0.2) is 21.9 Å². The highest BCUT2D eigenvalue weighted by atomic mass is 32.1. The molecule has 0 atom stereocenters. The highest BCUT2D eigenvalue weighted by Crippen LogP contribution is 2.13. The zero-order valence-corrected chi connectivity index (χ0v) is 16.0. The fourth-order valence-corrected chi connectivity index (χ4v) is 3.40. The van der Waals surface area contributed by atoms with E-state index < -0.39 is 0 Å². The summed E-state index contributed by atoms with van der Waals surface area (Å²) < 4.78 is 1.97. The maximum absolute atomic E-state index is 11.9. The SMILES string of the molecule is Cc1ccc(Cn2nc(C)c(/C=N\NC(=O)Cc3cccs3)c2C)cc1. The topological polar surface area (TPSA) is 59.3 Å². The van der Waals surface area contributed by atoms with Crippen LogP contribution in [0.15, 0.2) is 46.9 Å². The zero-order chi connectivity index (χ0) is 18.5. The minimum atomic E-state index is -0.119. The van der Waals surface area contributed by atoms with Crippen molar-refractivity contribution in [2.24, 2.45) is 5.10 Å². The molecule has 0 aliphatic rings. The molecule has 0 radical (unpaired) electrons. The van der Waals surface area contributed by atoms with Gasteiger partial charge >= 0.3 is 0 Å². The van der Waals surface area contributed by atoms with Gasteiger partial charge in [-0.25, -0.2) is 5.43 Å². The summed E-state index contributed by atoms with van der Waals surface area (Å²) in [4.78, 5) is 12.9. The van der Waals surface area contributed by atoms with Crippen LogP contribution in [0.5, 0.6) is 0 Å². The number of carbonyl (C=O) groups excluding carboxylic acids is 1. The smallest absolute Gasteiger partial charge is 0.245 e. The van der Waals surface area contributed by atoms with Crippen LogP contribution >= 0.6 is 11.3 Å². The van der Waals surface area contributed by atoms with Crippen molar-refractivity contribution in [2.45, 2.75) is 33.7 Å². The number of hydrazone groups is 1. The van der Waals surface area contributed by atoms with Gasteiger partial charge in [0.15, 0.2) is 0 Å². The molecule has 3 rings (SSSR count). The largest absolute Gasteiger partial charge is 0.273 e. The van der Waals surface area contributed by atoms with Gasteiger partial charge in [0.25, 0.3) is 0 Å². The Bertz CT molecular complexity index is 908. The summed E-state index contributed by atoms with van der Waals surface area (Å²) in [6.07, 6.45) is 2.02. The van der Waals surface area contributed by atoms with Crippen LogP contribution in [0, 0.1) is 20.8 Å². The summed E-state index contributed by atoms with van der Waals surface area (Å²) in [7, 11) is 0. The van der Waals surface area contributed by atoms with E-state index in [2.05, 4.69) is 46.8 Å². The minimum Gasteiger partial charge on any atom is -0.273 e. The Morgan fingerprint density at radius 3 is 2.69 bits per heavy atom. The van der Waals surface area contributed by atoms with Crippen LogP contribution in [0.4, 0.5) is 0 Å². The number of rotatable bonds is 6. The van der Waals surface area contributed by atoms with Crippen molar-refractivity contribution in [2.75, 3.05) is 0 Å². The molecule has 5 nitrogen and oxygen atoms in total. The second kappa shape index (κ2) is 8.10. The van der Waals surface area contributed by atoms with Crippen LogP contribution in [0.25, 0.3) is 0 Å². The number of nitrogens with zero attached hydrogens (tertiary/aromatic N) is 3. The molecule has 1 aromatic carbocycles. The lowest BCUT2D eigenvalue weighted by Gasteiger charge is -2.05. The first-order valence-corrected chi connectivity index (χ1v) is 9.34. The first-order valence-electron chi connectivity index (χ1n) is 8.47. The van der Waals surface area contributed by atoms with Gasteiger partial charge in [-0.2, -0.15) is 10.2 Å². The number of aryl methyl sites for hydroxylation is 2. The van der Waals surface area contributed by atoms with Crippen LogP contribution < -0.4 is 5.43 Å². The Morgan fingerprint density at radius 1 is 1.23 bits per heavy atom. The number of amides is 1. The number of thiophene rings is 1. The standard InChI is InChI=1S/C20H22N4OS/c1-14-6-8-17(9-7-14)13-24-16(3)19(15(2)23-24)12-21-22-20(25)11-18-5-4-10-26-18/h4-10,12H,11,13H2,1-3H3,(H,22,25)/b21-12-. The number of carbonyl (C=O) groups is 1. The van der Waals surface area contributed by atoms with Gasteiger partial charge in [0.2, 0.25) is 5.91 Å². The average molecular weight is 366 g/mol. The van der Waals surface area contributed by atoms with E-state index in [0.29, 0.717) is 13.0 Å². The third kappa shape index (κ3) is 4.46. The van der Waals surface area contributed by atoms with Gasteiger partial charge in [0.1, 0.15) is 0 Å². The van der Waals surface area contributed by atoms with Crippen LogP contribution in [-0.2, 0) is 17.8 Å². The maximum atomic E-state index is 11.9.